The van der Waals surface area contributed by atoms with E-state index in [0.29, 0.717) is 31.4 Å². The van der Waals surface area contributed by atoms with Crippen LogP contribution in [0.2, 0.25) is 0 Å². The average Bonchev–Trinajstić information content (AvgIpc) is 3.09. The number of likely N-dealkylation sites (tertiary alicyclic amines) is 1. The SMILES string of the molecule is Cc1sc2ncn(CCC(=O)N3CCC(C)(CN)C3)c(=O)c2c1C.Cl. The first kappa shape index (κ1) is 19.9. The number of carbonyl (C=O) groups excluding carboxylic acids is 1. The molecule has 3 heterocycles. The van der Waals surface area contributed by atoms with Gasteiger partial charge in [0.05, 0.1) is 11.7 Å². The van der Waals surface area contributed by atoms with Gasteiger partial charge in [-0.25, -0.2) is 4.98 Å². The van der Waals surface area contributed by atoms with E-state index >= 15 is 0 Å². The molecular weight excluding hydrogens is 360 g/mol. The number of aryl methyl sites for hydroxylation is 3. The topological polar surface area (TPSA) is 81.2 Å². The number of carbonyl (C=O) groups is 1. The first-order chi connectivity index (χ1) is 11.3. The van der Waals surface area contributed by atoms with Gasteiger partial charge in [0.2, 0.25) is 5.91 Å². The van der Waals surface area contributed by atoms with Crippen molar-refractivity contribution in [1.82, 2.24) is 14.5 Å². The summed E-state index contributed by atoms with van der Waals surface area (Å²) in [5, 5.41) is 0.685. The first-order valence-electron chi connectivity index (χ1n) is 8.27. The molecule has 0 aromatic carbocycles. The van der Waals surface area contributed by atoms with Crippen LogP contribution >= 0.6 is 23.7 Å². The molecule has 1 unspecified atom stereocenters. The van der Waals surface area contributed by atoms with Gasteiger partial charge in [0.1, 0.15) is 4.83 Å². The fourth-order valence-corrected chi connectivity index (χ4v) is 4.19. The van der Waals surface area contributed by atoms with E-state index in [1.54, 1.807) is 10.9 Å². The summed E-state index contributed by atoms with van der Waals surface area (Å²) in [6.07, 6.45) is 2.81. The molecule has 1 saturated heterocycles. The summed E-state index contributed by atoms with van der Waals surface area (Å²) in [5.74, 6) is 0.0809. The van der Waals surface area contributed by atoms with Gasteiger partial charge in [-0.05, 0) is 37.8 Å². The number of hydrogen-bond donors (Lipinski definition) is 1. The lowest BCUT2D eigenvalue weighted by Crippen LogP contribution is -2.35. The predicted octanol–water partition coefficient (Wildman–Crippen LogP) is 2.08. The fraction of sp³-hybridized carbons (Fsp3) is 0.588. The third-order valence-corrected chi connectivity index (χ3v) is 6.24. The molecule has 2 aromatic heterocycles. The number of aromatic nitrogens is 2. The van der Waals surface area contributed by atoms with Crippen molar-refractivity contribution in [3.63, 3.8) is 0 Å². The maximum absolute atomic E-state index is 12.6. The van der Waals surface area contributed by atoms with Gasteiger partial charge in [0.25, 0.3) is 5.56 Å². The molecule has 0 spiro atoms. The molecule has 138 valence electrons. The van der Waals surface area contributed by atoms with Crippen LogP contribution in [0.15, 0.2) is 11.1 Å². The lowest BCUT2D eigenvalue weighted by molar-refractivity contribution is -0.130. The van der Waals surface area contributed by atoms with E-state index in [1.807, 2.05) is 18.7 Å². The van der Waals surface area contributed by atoms with E-state index in [4.69, 9.17) is 5.73 Å². The maximum Gasteiger partial charge on any atom is 0.262 e. The zero-order valence-corrected chi connectivity index (χ0v) is 16.5. The highest BCUT2D eigenvalue weighted by Crippen LogP contribution is 2.29. The minimum atomic E-state index is -0.0529. The molecule has 0 saturated carbocycles. The summed E-state index contributed by atoms with van der Waals surface area (Å²) in [6, 6.07) is 0. The molecule has 1 aliphatic heterocycles. The molecule has 0 radical (unpaired) electrons. The van der Waals surface area contributed by atoms with Crippen LogP contribution in [-0.4, -0.2) is 40.0 Å². The van der Waals surface area contributed by atoms with Crippen molar-refractivity contribution >= 4 is 39.9 Å². The van der Waals surface area contributed by atoms with Crippen molar-refractivity contribution in [3.05, 3.63) is 27.1 Å². The molecule has 6 nitrogen and oxygen atoms in total. The lowest BCUT2D eigenvalue weighted by atomic mass is 9.90. The quantitative estimate of drug-likeness (QED) is 0.875. The fourth-order valence-electron chi connectivity index (χ4n) is 3.21. The highest BCUT2D eigenvalue weighted by Gasteiger charge is 2.34. The standard InChI is InChI=1S/C17H24N4O2S.ClH/c1-11-12(2)24-15-14(11)16(23)21(10-19-15)6-4-13(22)20-7-5-17(3,8-18)9-20;/h10H,4-9,18H2,1-3H3;1H. The van der Waals surface area contributed by atoms with Crippen molar-refractivity contribution in [2.45, 2.75) is 40.2 Å². The monoisotopic (exact) mass is 384 g/mol. The van der Waals surface area contributed by atoms with Gasteiger partial charge in [-0.3, -0.25) is 14.2 Å². The molecule has 8 heteroatoms. The number of amides is 1. The van der Waals surface area contributed by atoms with Gasteiger partial charge < -0.3 is 10.6 Å². The second-order valence-corrected chi connectivity index (χ2v) is 8.24. The number of hydrogen-bond acceptors (Lipinski definition) is 5. The third kappa shape index (κ3) is 3.73. The molecule has 0 aliphatic carbocycles. The van der Waals surface area contributed by atoms with Crippen LogP contribution in [0.4, 0.5) is 0 Å². The molecule has 3 rings (SSSR count). The second-order valence-electron chi connectivity index (χ2n) is 7.04. The zero-order valence-electron chi connectivity index (χ0n) is 14.9. The number of halogens is 1. The Labute approximate surface area is 157 Å². The van der Waals surface area contributed by atoms with Crippen LogP contribution in [0.25, 0.3) is 10.2 Å². The number of nitrogens with zero attached hydrogens (tertiary/aromatic N) is 3. The Balaban J connectivity index is 0.00000225. The van der Waals surface area contributed by atoms with E-state index in [9.17, 15) is 9.59 Å². The van der Waals surface area contributed by atoms with Crippen LogP contribution in [0.1, 0.15) is 30.2 Å². The first-order valence-corrected chi connectivity index (χ1v) is 9.09. The number of thiophene rings is 1. The molecule has 1 aliphatic rings. The second kappa shape index (κ2) is 7.43. The van der Waals surface area contributed by atoms with Crippen molar-refractivity contribution in [2.75, 3.05) is 19.6 Å². The minimum absolute atomic E-state index is 0. The number of nitrogens with two attached hydrogens (primary N) is 1. The van der Waals surface area contributed by atoms with Crippen LogP contribution in [0.3, 0.4) is 0 Å². The summed E-state index contributed by atoms with van der Waals surface area (Å²) in [4.78, 5) is 33.2. The minimum Gasteiger partial charge on any atom is -0.342 e. The zero-order chi connectivity index (χ0) is 17.5. The Bertz CT molecular complexity index is 847. The number of rotatable bonds is 4. The Morgan fingerprint density at radius 2 is 2.16 bits per heavy atom. The predicted molar refractivity (Wildman–Crippen MR) is 104 cm³/mol. The highest BCUT2D eigenvalue weighted by molar-refractivity contribution is 7.18. The Kier molecular flexibility index (Phi) is 5.91. The van der Waals surface area contributed by atoms with Crippen LogP contribution in [-0.2, 0) is 11.3 Å². The van der Waals surface area contributed by atoms with E-state index in [0.717, 1.165) is 28.2 Å². The van der Waals surface area contributed by atoms with Gasteiger partial charge >= 0.3 is 0 Å². The smallest absolute Gasteiger partial charge is 0.262 e. The van der Waals surface area contributed by atoms with Gasteiger partial charge in [0, 0.05) is 30.9 Å². The normalized spacial score (nSPS) is 20.1. The Morgan fingerprint density at radius 1 is 1.44 bits per heavy atom. The molecule has 2 aromatic rings. The summed E-state index contributed by atoms with van der Waals surface area (Å²) >= 11 is 1.54. The van der Waals surface area contributed by atoms with Crippen LogP contribution < -0.4 is 11.3 Å². The third-order valence-electron chi connectivity index (χ3n) is 5.13. The Morgan fingerprint density at radius 3 is 2.80 bits per heavy atom. The summed E-state index contributed by atoms with van der Waals surface area (Å²) < 4.78 is 1.55. The average molecular weight is 385 g/mol. The van der Waals surface area contributed by atoms with Gasteiger partial charge in [-0.15, -0.1) is 23.7 Å². The molecule has 25 heavy (non-hydrogen) atoms. The molecule has 0 bridgehead atoms. The molecule has 2 N–H and O–H groups in total. The van der Waals surface area contributed by atoms with Crippen LogP contribution in [0, 0.1) is 19.3 Å². The van der Waals surface area contributed by atoms with E-state index in [1.165, 1.54) is 11.3 Å². The molecule has 1 fully saturated rings. The molecule has 1 atom stereocenters. The van der Waals surface area contributed by atoms with E-state index in [-0.39, 0.29) is 29.3 Å². The summed E-state index contributed by atoms with van der Waals surface area (Å²) in [7, 11) is 0. The summed E-state index contributed by atoms with van der Waals surface area (Å²) in [6.45, 7) is 8.48. The molecule has 1 amide bonds. The molecular formula is C17H25ClN4O2S. The van der Waals surface area contributed by atoms with Crippen molar-refractivity contribution in [2.24, 2.45) is 11.1 Å². The maximum atomic E-state index is 12.6. The number of fused-ring (bicyclic) bond motifs is 1. The van der Waals surface area contributed by atoms with Gasteiger partial charge in [-0.1, -0.05) is 6.92 Å². The van der Waals surface area contributed by atoms with Crippen molar-refractivity contribution in [1.29, 1.82) is 0 Å². The largest absolute Gasteiger partial charge is 0.342 e. The van der Waals surface area contributed by atoms with Gasteiger partial charge in [0.15, 0.2) is 0 Å². The van der Waals surface area contributed by atoms with E-state index < -0.39 is 0 Å². The van der Waals surface area contributed by atoms with E-state index in [2.05, 4.69) is 11.9 Å². The van der Waals surface area contributed by atoms with Crippen molar-refractivity contribution in [3.8, 4) is 0 Å². The van der Waals surface area contributed by atoms with Gasteiger partial charge in [-0.2, -0.15) is 0 Å². The van der Waals surface area contributed by atoms with Crippen LogP contribution in [0.5, 0.6) is 0 Å². The Hall–Kier alpha value is -1.44. The van der Waals surface area contributed by atoms with Crippen molar-refractivity contribution < 1.29 is 4.79 Å². The summed E-state index contributed by atoms with van der Waals surface area (Å²) in [5.41, 5.74) is 6.76. The highest BCUT2D eigenvalue weighted by atomic mass is 35.5. The lowest BCUT2D eigenvalue weighted by Gasteiger charge is -2.22.